The first-order valence-electron chi connectivity index (χ1n) is 11.1. The van der Waals surface area contributed by atoms with Crippen LogP contribution < -0.4 is 14.2 Å². The molecular weight excluding hydrogens is 539 g/mol. The molecule has 1 atom stereocenters. The summed E-state index contributed by atoms with van der Waals surface area (Å²) in [6, 6.07) is 31.5. The van der Waals surface area contributed by atoms with E-state index in [0.717, 1.165) is 37.3 Å². The number of aliphatic hydroxyl groups is 1. The highest BCUT2D eigenvalue weighted by Crippen LogP contribution is 2.34. The Bertz CT molecular complexity index is 1180. The molecule has 0 aromatic heterocycles. The molecule has 4 aromatic carbocycles. The Labute approximate surface area is 214 Å². The van der Waals surface area contributed by atoms with Crippen molar-refractivity contribution in [1.29, 1.82) is 0 Å². The van der Waals surface area contributed by atoms with E-state index < -0.39 is 6.10 Å². The quantitative estimate of drug-likeness (QED) is 0.216. The molecular formula is C29H27IO4. The molecule has 0 spiro atoms. The Morgan fingerprint density at radius 3 is 1.91 bits per heavy atom. The van der Waals surface area contributed by atoms with Crippen molar-refractivity contribution in [3.05, 3.63) is 123 Å². The fraction of sp³-hybridized carbons (Fsp3) is 0.172. The van der Waals surface area contributed by atoms with Gasteiger partial charge in [-0.15, -0.1) is 0 Å². The average Bonchev–Trinajstić information content (AvgIpc) is 2.89. The maximum absolute atomic E-state index is 10.9. The fourth-order valence-corrected chi connectivity index (χ4v) is 4.28. The van der Waals surface area contributed by atoms with Crippen LogP contribution in [-0.2, 0) is 19.6 Å². The molecule has 0 aliphatic heterocycles. The molecule has 0 aliphatic carbocycles. The van der Waals surface area contributed by atoms with E-state index in [1.807, 2.05) is 97.1 Å². The molecule has 0 radical (unpaired) electrons. The highest BCUT2D eigenvalue weighted by molar-refractivity contribution is 14.1. The van der Waals surface area contributed by atoms with Gasteiger partial charge >= 0.3 is 0 Å². The Balaban J connectivity index is 1.56. The number of aliphatic hydroxyl groups excluding tert-OH is 1. The van der Waals surface area contributed by atoms with Crippen molar-refractivity contribution in [2.24, 2.45) is 0 Å². The zero-order valence-corrected chi connectivity index (χ0v) is 21.1. The third kappa shape index (κ3) is 6.52. The monoisotopic (exact) mass is 566 g/mol. The number of methoxy groups -OCH3 is 1. The third-order valence-electron chi connectivity index (χ3n) is 5.49. The van der Waals surface area contributed by atoms with Gasteiger partial charge in [-0.05, 0) is 63.0 Å². The van der Waals surface area contributed by atoms with Crippen LogP contribution in [0, 0.1) is 3.57 Å². The van der Waals surface area contributed by atoms with Crippen LogP contribution in [0.15, 0.2) is 97.1 Å². The van der Waals surface area contributed by atoms with E-state index in [9.17, 15) is 5.11 Å². The first kappa shape index (κ1) is 24.1. The molecule has 4 rings (SSSR count). The summed E-state index contributed by atoms with van der Waals surface area (Å²) in [4.78, 5) is 0. The van der Waals surface area contributed by atoms with Gasteiger partial charge in [0.15, 0.2) is 0 Å². The number of hydrogen-bond donors (Lipinski definition) is 1. The molecule has 174 valence electrons. The molecule has 0 saturated heterocycles. The molecule has 0 aliphatic rings. The topological polar surface area (TPSA) is 47.9 Å². The minimum Gasteiger partial charge on any atom is -0.497 e. The summed E-state index contributed by atoms with van der Waals surface area (Å²) >= 11 is 2.29. The summed E-state index contributed by atoms with van der Waals surface area (Å²) in [6.07, 6.45) is -0.222. The van der Waals surface area contributed by atoms with Crippen molar-refractivity contribution in [2.45, 2.75) is 25.7 Å². The Kier molecular flexibility index (Phi) is 8.44. The van der Waals surface area contributed by atoms with Gasteiger partial charge < -0.3 is 19.3 Å². The van der Waals surface area contributed by atoms with Crippen molar-refractivity contribution in [1.82, 2.24) is 0 Å². The molecule has 0 amide bonds. The average molecular weight is 566 g/mol. The zero-order valence-electron chi connectivity index (χ0n) is 19.0. The summed E-state index contributed by atoms with van der Waals surface area (Å²) in [7, 11) is 1.63. The van der Waals surface area contributed by atoms with Crippen LogP contribution in [0.3, 0.4) is 0 Å². The van der Waals surface area contributed by atoms with Gasteiger partial charge in [-0.3, -0.25) is 0 Å². The van der Waals surface area contributed by atoms with Crippen LogP contribution in [0.2, 0.25) is 0 Å². The van der Waals surface area contributed by atoms with Crippen LogP contribution >= 0.6 is 22.6 Å². The van der Waals surface area contributed by atoms with E-state index in [0.29, 0.717) is 25.4 Å². The molecule has 0 saturated carbocycles. The normalized spacial score (nSPS) is 11.6. The molecule has 5 heteroatoms. The maximum atomic E-state index is 10.9. The number of benzene rings is 4. The van der Waals surface area contributed by atoms with E-state index in [4.69, 9.17) is 14.2 Å². The molecule has 4 nitrogen and oxygen atoms in total. The second-order valence-corrected chi connectivity index (χ2v) is 9.01. The number of halogens is 1. The largest absolute Gasteiger partial charge is 0.497 e. The van der Waals surface area contributed by atoms with Crippen LogP contribution in [0.4, 0.5) is 0 Å². The zero-order chi connectivity index (χ0) is 23.8. The van der Waals surface area contributed by atoms with Crippen molar-refractivity contribution in [3.63, 3.8) is 0 Å². The van der Waals surface area contributed by atoms with Crippen molar-refractivity contribution >= 4 is 22.6 Å². The highest BCUT2D eigenvalue weighted by Gasteiger charge is 2.16. The van der Waals surface area contributed by atoms with Gasteiger partial charge in [-0.1, -0.05) is 72.8 Å². The van der Waals surface area contributed by atoms with Crippen molar-refractivity contribution < 1.29 is 19.3 Å². The lowest BCUT2D eigenvalue weighted by molar-refractivity contribution is 0.177. The number of rotatable bonds is 10. The van der Waals surface area contributed by atoms with E-state index in [-0.39, 0.29) is 0 Å². The summed E-state index contributed by atoms with van der Waals surface area (Å²) in [5.41, 5.74) is 3.98. The van der Waals surface area contributed by atoms with Gasteiger partial charge in [0, 0.05) is 12.5 Å². The maximum Gasteiger partial charge on any atom is 0.137 e. The standard InChI is InChI=1S/C29H27IO4/c1-32-25-14-12-23(13-15-25)27(31)17-24-16-26(33-19-21-8-4-2-5-9-21)18-28(29(24)30)34-20-22-10-6-3-7-11-22/h2-16,18,27,31H,17,19-20H2,1H3/t27-/m1/s1. The van der Waals surface area contributed by atoms with Gasteiger partial charge in [-0.2, -0.15) is 0 Å². The van der Waals surface area contributed by atoms with E-state index in [1.54, 1.807) is 7.11 Å². The van der Waals surface area contributed by atoms with Gasteiger partial charge in [0.05, 0.1) is 16.8 Å². The predicted octanol–water partition coefficient (Wildman–Crippen LogP) is 6.73. The van der Waals surface area contributed by atoms with E-state index in [2.05, 4.69) is 22.6 Å². The summed E-state index contributed by atoms with van der Waals surface area (Å²) in [6.45, 7) is 0.916. The number of ether oxygens (including phenoxy) is 3. The Hall–Kier alpha value is -3.03. The predicted molar refractivity (Wildman–Crippen MR) is 142 cm³/mol. The third-order valence-corrected chi connectivity index (χ3v) is 6.71. The SMILES string of the molecule is COc1ccc([C@H](O)Cc2cc(OCc3ccccc3)cc(OCc3ccccc3)c2I)cc1. The van der Waals surface area contributed by atoms with Crippen LogP contribution in [0.5, 0.6) is 17.2 Å². The van der Waals surface area contributed by atoms with E-state index >= 15 is 0 Å². The minimum atomic E-state index is -0.661. The Morgan fingerprint density at radius 1 is 0.735 bits per heavy atom. The molecule has 1 N–H and O–H groups in total. The molecule has 4 aromatic rings. The van der Waals surface area contributed by atoms with Crippen LogP contribution in [0.25, 0.3) is 0 Å². The van der Waals surface area contributed by atoms with Gasteiger partial charge in [0.1, 0.15) is 30.5 Å². The van der Waals surface area contributed by atoms with Gasteiger partial charge in [0.25, 0.3) is 0 Å². The molecule has 0 bridgehead atoms. The van der Waals surface area contributed by atoms with Crippen molar-refractivity contribution in [3.8, 4) is 17.2 Å². The lowest BCUT2D eigenvalue weighted by Crippen LogP contribution is -2.06. The van der Waals surface area contributed by atoms with E-state index in [1.165, 1.54) is 0 Å². The summed E-state index contributed by atoms with van der Waals surface area (Å²) < 4.78 is 18.5. The molecule has 0 heterocycles. The first-order chi connectivity index (χ1) is 16.6. The fourth-order valence-electron chi connectivity index (χ4n) is 3.59. The second-order valence-electron chi connectivity index (χ2n) is 7.94. The lowest BCUT2D eigenvalue weighted by Gasteiger charge is -2.18. The number of hydrogen-bond acceptors (Lipinski definition) is 4. The summed E-state index contributed by atoms with van der Waals surface area (Å²) in [5.74, 6) is 2.22. The highest BCUT2D eigenvalue weighted by atomic mass is 127. The molecule has 0 unspecified atom stereocenters. The lowest BCUT2D eigenvalue weighted by atomic mass is 10.0. The molecule has 34 heavy (non-hydrogen) atoms. The van der Waals surface area contributed by atoms with Gasteiger partial charge in [-0.25, -0.2) is 0 Å². The smallest absolute Gasteiger partial charge is 0.137 e. The first-order valence-corrected chi connectivity index (χ1v) is 12.2. The second kappa shape index (κ2) is 11.9. The molecule has 0 fully saturated rings. The minimum absolute atomic E-state index is 0.439. The summed E-state index contributed by atoms with van der Waals surface area (Å²) in [5, 5.41) is 10.9. The van der Waals surface area contributed by atoms with Gasteiger partial charge in [0.2, 0.25) is 0 Å². The van der Waals surface area contributed by atoms with Crippen LogP contribution in [-0.4, -0.2) is 12.2 Å². The Morgan fingerprint density at radius 2 is 1.32 bits per heavy atom. The van der Waals surface area contributed by atoms with Crippen LogP contribution in [0.1, 0.15) is 28.4 Å². The van der Waals surface area contributed by atoms with Crippen molar-refractivity contribution in [2.75, 3.05) is 7.11 Å².